The van der Waals surface area contributed by atoms with Gasteiger partial charge in [0, 0.05) is 17.8 Å². The van der Waals surface area contributed by atoms with Gasteiger partial charge in [-0.1, -0.05) is 35.1 Å². The minimum atomic E-state index is -3.69. The number of pyridine rings is 1. The number of aromatic nitrogens is 2. The first-order valence-electron chi connectivity index (χ1n) is 5.53. The van der Waals surface area contributed by atoms with Crippen LogP contribution in [-0.4, -0.2) is 18.4 Å². The van der Waals surface area contributed by atoms with Gasteiger partial charge in [-0.2, -0.15) is 0 Å². The summed E-state index contributed by atoms with van der Waals surface area (Å²) >= 11 is 6.58. The molecule has 0 saturated heterocycles. The van der Waals surface area contributed by atoms with E-state index in [4.69, 9.17) is 11.6 Å². The molecule has 0 radical (unpaired) electrons. The van der Waals surface area contributed by atoms with Crippen LogP contribution in [0, 0.1) is 0 Å². The average Bonchev–Trinajstić information content (AvgIpc) is 2.86. The Kier molecular flexibility index (Phi) is 3.33. The molecular weight excluding hydrogens is 318 g/mol. The van der Waals surface area contributed by atoms with Crippen molar-refractivity contribution in [2.24, 2.45) is 0 Å². The first kappa shape index (κ1) is 13.3. The standard InChI is InChI=1S/C12H8ClN3O2S2/c13-12-15-7-11(19-12)20(17,18)16-10-3-1-2-8-4-5-14-6-9(8)10/h1-7,16H. The molecule has 0 saturated carbocycles. The van der Waals surface area contributed by atoms with Crippen molar-refractivity contribution in [1.82, 2.24) is 9.97 Å². The summed E-state index contributed by atoms with van der Waals surface area (Å²) in [6.07, 6.45) is 4.51. The van der Waals surface area contributed by atoms with E-state index < -0.39 is 10.0 Å². The first-order valence-corrected chi connectivity index (χ1v) is 8.21. The largest absolute Gasteiger partial charge is 0.278 e. The van der Waals surface area contributed by atoms with E-state index in [0.717, 1.165) is 22.1 Å². The lowest BCUT2D eigenvalue weighted by Crippen LogP contribution is -2.11. The van der Waals surface area contributed by atoms with Gasteiger partial charge < -0.3 is 0 Å². The Morgan fingerprint density at radius 1 is 1.20 bits per heavy atom. The molecule has 1 aromatic carbocycles. The molecule has 0 bridgehead atoms. The molecule has 2 aromatic heterocycles. The van der Waals surface area contributed by atoms with E-state index in [9.17, 15) is 8.42 Å². The number of halogens is 1. The summed E-state index contributed by atoms with van der Waals surface area (Å²) in [6, 6.07) is 7.17. The fourth-order valence-electron chi connectivity index (χ4n) is 1.76. The summed E-state index contributed by atoms with van der Waals surface area (Å²) < 4.78 is 27.3. The van der Waals surface area contributed by atoms with Gasteiger partial charge in [-0.3, -0.25) is 9.71 Å². The summed E-state index contributed by atoms with van der Waals surface area (Å²) in [5, 5.41) is 1.64. The van der Waals surface area contributed by atoms with Crippen LogP contribution < -0.4 is 4.72 Å². The van der Waals surface area contributed by atoms with Crippen LogP contribution in [0.4, 0.5) is 5.69 Å². The molecular formula is C12H8ClN3O2S2. The lowest BCUT2D eigenvalue weighted by Gasteiger charge is -2.08. The van der Waals surface area contributed by atoms with E-state index in [1.807, 2.05) is 12.1 Å². The highest BCUT2D eigenvalue weighted by atomic mass is 35.5. The Balaban J connectivity index is 2.05. The predicted octanol–water partition coefficient (Wildman–Crippen LogP) is 3.15. The smallest absolute Gasteiger partial charge is 0.273 e. The third kappa shape index (κ3) is 2.47. The maximum atomic E-state index is 12.2. The fraction of sp³-hybridized carbons (Fsp3) is 0. The number of anilines is 1. The Hall–Kier alpha value is -1.70. The van der Waals surface area contributed by atoms with Gasteiger partial charge in [-0.05, 0) is 17.5 Å². The van der Waals surface area contributed by atoms with Crippen molar-refractivity contribution in [1.29, 1.82) is 0 Å². The second kappa shape index (κ2) is 5.01. The summed E-state index contributed by atoms with van der Waals surface area (Å²) in [6.45, 7) is 0. The van der Waals surface area contributed by atoms with Gasteiger partial charge in [-0.15, -0.1) is 0 Å². The molecule has 0 amide bonds. The number of hydrogen-bond acceptors (Lipinski definition) is 5. The average molecular weight is 326 g/mol. The Morgan fingerprint density at radius 2 is 2.05 bits per heavy atom. The predicted molar refractivity (Wildman–Crippen MR) is 79.7 cm³/mol. The zero-order chi connectivity index (χ0) is 14.2. The summed E-state index contributed by atoms with van der Waals surface area (Å²) in [7, 11) is -3.69. The van der Waals surface area contributed by atoms with Gasteiger partial charge in [-0.25, -0.2) is 13.4 Å². The summed E-state index contributed by atoms with van der Waals surface area (Å²) in [5.41, 5.74) is 0.472. The Morgan fingerprint density at radius 3 is 2.80 bits per heavy atom. The quantitative estimate of drug-likeness (QED) is 0.803. The molecule has 8 heteroatoms. The van der Waals surface area contributed by atoms with E-state index in [0.29, 0.717) is 5.69 Å². The number of fused-ring (bicyclic) bond motifs is 1. The number of hydrogen-bond donors (Lipinski definition) is 1. The van der Waals surface area contributed by atoms with Gasteiger partial charge in [0.05, 0.1) is 11.9 Å². The number of nitrogens with one attached hydrogen (secondary N) is 1. The highest BCUT2D eigenvalue weighted by Crippen LogP contribution is 2.28. The van der Waals surface area contributed by atoms with Crippen LogP contribution in [0.25, 0.3) is 10.8 Å². The summed E-state index contributed by atoms with van der Waals surface area (Å²) in [4.78, 5) is 7.75. The molecule has 20 heavy (non-hydrogen) atoms. The topological polar surface area (TPSA) is 72.0 Å². The Bertz CT molecular complexity index is 872. The molecule has 3 rings (SSSR count). The van der Waals surface area contributed by atoms with Crippen LogP contribution in [0.5, 0.6) is 0 Å². The van der Waals surface area contributed by atoms with Crippen LogP contribution in [0.15, 0.2) is 47.1 Å². The van der Waals surface area contributed by atoms with Crippen LogP contribution in [0.3, 0.4) is 0 Å². The molecule has 0 aliphatic rings. The van der Waals surface area contributed by atoms with Gasteiger partial charge >= 0.3 is 0 Å². The van der Waals surface area contributed by atoms with Crippen molar-refractivity contribution in [2.45, 2.75) is 4.21 Å². The number of rotatable bonds is 3. The molecule has 0 fully saturated rings. The van der Waals surface area contributed by atoms with Crippen LogP contribution >= 0.6 is 22.9 Å². The number of sulfonamides is 1. The molecule has 5 nitrogen and oxygen atoms in total. The number of benzene rings is 1. The third-order valence-electron chi connectivity index (χ3n) is 2.65. The second-order valence-electron chi connectivity index (χ2n) is 3.94. The highest BCUT2D eigenvalue weighted by Gasteiger charge is 2.18. The van der Waals surface area contributed by atoms with Crippen molar-refractivity contribution >= 4 is 49.4 Å². The van der Waals surface area contributed by atoms with E-state index in [2.05, 4.69) is 14.7 Å². The van der Waals surface area contributed by atoms with Crippen LogP contribution in [0.2, 0.25) is 4.47 Å². The monoisotopic (exact) mass is 325 g/mol. The first-order chi connectivity index (χ1) is 9.56. The normalized spacial score (nSPS) is 11.7. The third-order valence-corrected chi connectivity index (χ3v) is 5.59. The van der Waals surface area contributed by atoms with Crippen LogP contribution in [-0.2, 0) is 10.0 Å². The zero-order valence-corrected chi connectivity index (χ0v) is 12.3. The summed E-state index contributed by atoms with van der Waals surface area (Å²) in [5.74, 6) is 0. The van der Waals surface area contributed by atoms with Crippen molar-refractivity contribution in [3.8, 4) is 0 Å². The minimum absolute atomic E-state index is 0.0726. The molecule has 2 heterocycles. The van der Waals surface area contributed by atoms with E-state index in [1.165, 1.54) is 6.20 Å². The number of nitrogens with zero attached hydrogens (tertiary/aromatic N) is 2. The van der Waals surface area contributed by atoms with E-state index in [1.54, 1.807) is 24.5 Å². The lowest BCUT2D eigenvalue weighted by atomic mass is 10.1. The molecule has 0 unspecified atom stereocenters. The molecule has 0 spiro atoms. The van der Waals surface area contributed by atoms with Gasteiger partial charge in [0.25, 0.3) is 10.0 Å². The molecule has 102 valence electrons. The number of thiazole rings is 1. The van der Waals surface area contributed by atoms with Crippen molar-refractivity contribution in [3.05, 3.63) is 47.3 Å². The maximum Gasteiger partial charge on any atom is 0.273 e. The van der Waals surface area contributed by atoms with Gasteiger partial charge in [0.1, 0.15) is 0 Å². The minimum Gasteiger partial charge on any atom is -0.278 e. The van der Waals surface area contributed by atoms with E-state index in [-0.39, 0.29) is 8.68 Å². The van der Waals surface area contributed by atoms with Crippen LogP contribution in [0.1, 0.15) is 0 Å². The van der Waals surface area contributed by atoms with Crippen molar-refractivity contribution in [3.63, 3.8) is 0 Å². The molecule has 1 N–H and O–H groups in total. The fourth-order valence-corrected chi connectivity index (χ4v) is 4.13. The molecule has 0 atom stereocenters. The van der Waals surface area contributed by atoms with Crippen molar-refractivity contribution < 1.29 is 8.42 Å². The highest BCUT2D eigenvalue weighted by molar-refractivity contribution is 7.94. The second-order valence-corrected chi connectivity index (χ2v) is 7.46. The van der Waals surface area contributed by atoms with Gasteiger partial charge in [0.2, 0.25) is 0 Å². The lowest BCUT2D eigenvalue weighted by molar-refractivity contribution is 0.603. The van der Waals surface area contributed by atoms with E-state index >= 15 is 0 Å². The molecule has 0 aliphatic heterocycles. The SMILES string of the molecule is O=S(=O)(Nc1cccc2ccncc12)c1cnc(Cl)s1. The van der Waals surface area contributed by atoms with Crippen molar-refractivity contribution in [2.75, 3.05) is 4.72 Å². The molecule has 0 aliphatic carbocycles. The zero-order valence-electron chi connectivity index (χ0n) is 9.95. The Labute approximate surface area is 124 Å². The maximum absolute atomic E-state index is 12.2. The van der Waals surface area contributed by atoms with Gasteiger partial charge in [0.15, 0.2) is 8.68 Å². The molecule has 3 aromatic rings.